The van der Waals surface area contributed by atoms with Crippen molar-refractivity contribution in [3.63, 3.8) is 0 Å². The van der Waals surface area contributed by atoms with Crippen molar-refractivity contribution in [2.75, 3.05) is 38.1 Å². The maximum Gasteiger partial charge on any atom is 0.338 e. The van der Waals surface area contributed by atoms with Crippen LogP contribution in [0.25, 0.3) is 0 Å². The molecule has 10 nitrogen and oxygen atoms in total. The van der Waals surface area contributed by atoms with Gasteiger partial charge in [0.2, 0.25) is 0 Å². The highest BCUT2D eigenvalue weighted by Crippen LogP contribution is 2.42. The Kier molecular flexibility index (Phi) is 7.66. The number of anilines is 2. The number of methoxy groups -OCH3 is 2. The van der Waals surface area contributed by atoms with Crippen molar-refractivity contribution >= 4 is 23.4 Å². The maximum atomic E-state index is 13.3. The number of allylic oxidation sites excluding steroid dienone is 1. The number of hydrogen-bond acceptors (Lipinski definition) is 8. The quantitative estimate of drug-likeness (QED) is 0.411. The van der Waals surface area contributed by atoms with E-state index in [4.69, 9.17) is 18.9 Å². The van der Waals surface area contributed by atoms with E-state index in [2.05, 4.69) is 15.7 Å². The van der Waals surface area contributed by atoms with Crippen molar-refractivity contribution in [3.8, 4) is 17.2 Å². The molecule has 0 fully saturated rings. The van der Waals surface area contributed by atoms with E-state index >= 15 is 0 Å². The van der Waals surface area contributed by atoms with Gasteiger partial charge in [0.15, 0.2) is 0 Å². The van der Waals surface area contributed by atoms with Crippen LogP contribution in [0.5, 0.6) is 17.2 Å². The summed E-state index contributed by atoms with van der Waals surface area (Å²) in [4.78, 5) is 26.4. The van der Waals surface area contributed by atoms with Crippen LogP contribution in [0, 0.1) is 0 Å². The Bertz CT molecular complexity index is 1330. The number of amides is 1. The van der Waals surface area contributed by atoms with E-state index in [1.807, 2.05) is 6.92 Å². The minimum Gasteiger partial charge on any atom is -0.497 e. The van der Waals surface area contributed by atoms with E-state index in [0.29, 0.717) is 57.8 Å². The molecule has 1 aliphatic rings. The number of carbonyl (C=O) groups excluding carboxylic acids is 2. The molecule has 2 heterocycles. The predicted octanol–water partition coefficient (Wildman–Crippen LogP) is 4.40. The van der Waals surface area contributed by atoms with Crippen LogP contribution in [0.2, 0.25) is 0 Å². The fourth-order valence-corrected chi connectivity index (χ4v) is 4.23. The summed E-state index contributed by atoms with van der Waals surface area (Å²) in [6.07, 6.45) is 1.47. The Balaban J connectivity index is 1.77. The number of esters is 1. The lowest BCUT2D eigenvalue weighted by atomic mass is 9.94. The SMILES string of the molecule is CCOC(=O)C1=C(C)Nc2c(C(=O)Nc3ccc(OCC)cc3)cnn2C1c1cc(OC)ccc1OC. The number of carbonyl (C=O) groups is 2. The van der Waals surface area contributed by atoms with Gasteiger partial charge >= 0.3 is 5.97 Å². The molecule has 2 aromatic carbocycles. The monoisotopic (exact) mass is 506 g/mol. The lowest BCUT2D eigenvalue weighted by Gasteiger charge is -2.30. The molecule has 1 atom stereocenters. The highest BCUT2D eigenvalue weighted by Gasteiger charge is 2.37. The van der Waals surface area contributed by atoms with Crippen LogP contribution in [-0.2, 0) is 9.53 Å². The lowest BCUT2D eigenvalue weighted by Crippen LogP contribution is -2.30. The Morgan fingerprint density at radius 1 is 1.03 bits per heavy atom. The Labute approximate surface area is 215 Å². The van der Waals surface area contributed by atoms with Crippen LogP contribution in [0.4, 0.5) is 11.5 Å². The third-order valence-electron chi connectivity index (χ3n) is 5.92. The Morgan fingerprint density at radius 3 is 2.41 bits per heavy atom. The molecule has 2 N–H and O–H groups in total. The van der Waals surface area contributed by atoms with Gasteiger partial charge in [-0.1, -0.05) is 0 Å². The van der Waals surface area contributed by atoms with Gasteiger partial charge in [-0.3, -0.25) is 4.79 Å². The molecule has 0 radical (unpaired) electrons. The average molecular weight is 507 g/mol. The van der Waals surface area contributed by atoms with E-state index in [-0.39, 0.29) is 12.5 Å². The second-order valence-electron chi connectivity index (χ2n) is 8.16. The predicted molar refractivity (Wildman–Crippen MR) is 138 cm³/mol. The molecule has 0 saturated heterocycles. The van der Waals surface area contributed by atoms with Gasteiger partial charge in [-0.05, 0) is 63.2 Å². The normalized spacial score (nSPS) is 14.4. The first-order chi connectivity index (χ1) is 17.9. The second-order valence-corrected chi connectivity index (χ2v) is 8.16. The van der Waals surface area contributed by atoms with Crippen molar-refractivity contribution in [1.82, 2.24) is 9.78 Å². The standard InChI is InChI=1S/C27H30N4O6/c1-6-36-18-10-8-17(9-11-18)30-26(32)21-15-28-31-24(20-14-19(34-4)12-13-22(20)35-5)23(27(33)37-7-2)16(3)29-25(21)31/h8-15,24,29H,6-7H2,1-5H3,(H,30,32). The Hall–Kier alpha value is -4.47. The van der Waals surface area contributed by atoms with Crippen molar-refractivity contribution in [2.24, 2.45) is 0 Å². The summed E-state index contributed by atoms with van der Waals surface area (Å²) in [6, 6.07) is 11.7. The highest BCUT2D eigenvalue weighted by atomic mass is 16.5. The molecule has 10 heteroatoms. The summed E-state index contributed by atoms with van der Waals surface area (Å²) in [7, 11) is 3.11. The van der Waals surface area contributed by atoms with Crippen LogP contribution in [-0.4, -0.2) is 49.1 Å². The zero-order valence-electron chi connectivity index (χ0n) is 21.5. The van der Waals surface area contributed by atoms with E-state index < -0.39 is 12.0 Å². The number of fused-ring (bicyclic) bond motifs is 1. The minimum absolute atomic E-state index is 0.208. The van der Waals surface area contributed by atoms with E-state index in [1.54, 1.807) is 75.2 Å². The van der Waals surface area contributed by atoms with Crippen molar-refractivity contribution in [3.05, 3.63) is 71.1 Å². The van der Waals surface area contributed by atoms with Crippen LogP contribution in [0.1, 0.15) is 42.7 Å². The van der Waals surface area contributed by atoms with Gasteiger partial charge in [0, 0.05) is 16.9 Å². The lowest BCUT2D eigenvalue weighted by molar-refractivity contribution is -0.139. The zero-order valence-corrected chi connectivity index (χ0v) is 21.5. The summed E-state index contributed by atoms with van der Waals surface area (Å²) in [5, 5.41) is 10.6. The molecule has 0 spiro atoms. The summed E-state index contributed by atoms with van der Waals surface area (Å²) >= 11 is 0. The van der Waals surface area contributed by atoms with Gasteiger partial charge in [-0.25, -0.2) is 9.48 Å². The first-order valence-electron chi connectivity index (χ1n) is 11.9. The maximum absolute atomic E-state index is 13.3. The van der Waals surface area contributed by atoms with Crippen LogP contribution in [0.15, 0.2) is 59.9 Å². The molecule has 3 aromatic rings. The van der Waals surface area contributed by atoms with E-state index in [9.17, 15) is 9.59 Å². The number of nitrogens with zero attached hydrogens (tertiary/aromatic N) is 2. The molecule has 0 bridgehead atoms. The van der Waals surface area contributed by atoms with Crippen LogP contribution >= 0.6 is 0 Å². The van der Waals surface area contributed by atoms with Gasteiger partial charge in [-0.15, -0.1) is 0 Å². The molecule has 1 unspecified atom stereocenters. The van der Waals surface area contributed by atoms with Crippen molar-refractivity contribution in [2.45, 2.75) is 26.8 Å². The zero-order chi connectivity index (χ0) is 26.5. The number of ether oxygens (including phenoxy) is 4. The number of aromatic nitrogens is 2. The number of rotatable bonds is 9. The van der Waals surface area contributed by atoms with Gasteiger partial charge in [0.25, 0.3) is 5.91 Å². The van der Waals surface area contributed by atoms with Crippen molar-refractivity contribution < 1.29 is 28.5 Å². The first-order valence-corrected chi connectivity index (χ1v) is 11.9. The smallest absolute Gasteiger partial charge is 0.338 e. The molecule has 1 aliphatic heterocycles. The minimum atomic E-state index is -0.729. The molecule has 1 aromatic heterocycles. The fraction of sp³-hybridized carbons (Fsp3) is 0.296. The number of benzene rings is 2. The van der Waals surface area contributed by atoms with Gasteiger partial charge in [0.05, 0.1) is 39.2 Å². The third-order valence-corrected chi connectivity index (χ3v) is 5.92. The number of hydrogen-bond donors (Lipinski definition) is 2. The fourth-order valence-electron chi connectivity index (χ4n) is 4.23. The largest absolute Gasteiger partial charge is 0.497 e. The number of nitrogens with one attached hydrogen (secondary N) is 2. The molecule has 37 heavy (non-hydrogen) atoms. The molecule has 0 aliphatic carbocycles. The van der Waals surface area contributed by atoms with E-state index in [0.717, 1.165) is 0 Å². The molecule has 4 rings (SSSR count). The Morgan fingerprint density at radius 2 is 1.76 bits per heavy atom. The topological polar surface area (TPSA) is 113 Å². The van der Waals surface area contributed by atoms with Gasteiger partial charge < -0.3 is 29.6 Å². The third kappa shape index (κ3) is 5.09. The molecule has 194 valence electrons. The molecule has 0 saturated carbocycles. The highest BCUT2D eigenvalue weighted by molar-refractivity contribution is 6.08. The average Bonchev–Trinajstić information content (AvgIpc) is 3.32. The summed E-state index contributed by atoms with van der Waals surface area (Å²) < 4.78 is 23.5. The summed E-state index contributed by atoms with van der Waals surface area (Å²) in [6.45, 7) is 6.17. The van der Waals surface area contributed by atoms with Crippen molar-refractivity contribution in [1.29, 1.82) is 0 Å². The van der Waals surface area contributed by atoms with E-state index in [1.165, 1.54) is 6.20 Å². The summed E-state index contributed by atoms with van der Waals surface area (Å²) in [5.74, 6) is 1.41. The van der Waals surface area contributed by atoms with Gasteiger partial charge in [-0.2, -0.15) is 5.10 Å². The molecule has 1 amide bonds. The summed E-state index contributed by atoms with van der Waals surface area (Å²) in [5.41, 5.74) is 2.44. The van der Waals surface area contributed by atoms with Gasteiger partial charge in [0.1, 0.15) is 34.7 Å². The molecular formula is C27H30N4O6. The van der Waals surface area contributed by atoms with Crippen LogP contribution < -0.4 is 24.8 Å². The molecular weight excluding hydrogens is 476 g/mol. The first kappa shape index (κ1) is 25.6. The second kappa shape index (κ2) is 11.1. The van der Waals surface area contributed by atoms with Crippen LogP contribution in [0.3, 0.4) is 0 Å².